The highest BCUT2D eigenvalue weighted by molar-refractivity contribution is 7.11. The summed E-state index contributed by atoms with van der Waals surface area (Å²) in [5.74, 6) is 0.848. The molecule has 2 N–H and O–H groups in total. The van der Waals surface area contributed by atoms with Crippen LogP contribution in [0.1, 0.15) is 30.2 Å². The number of guanidine groups is 1. The van der Waals surface area contributed by atoms with E-state index in [1.54, 1.807) is 11.3 Å². The Kier molecular flexibility index (Phi) is 10.6. The lowest BCUT2D eigenvalue weighted by Gasteiger charge is -2.18. The van der Waals surface area contributed by atoms with Gasteiger partial charge >= 0.3 is 0 Å². The van der Waals surface area contributed by atoms with E-state index in [1.807, 2.05) is 13.1 Å². The Morgan fingerprint density at radius 1 is 1.38 bits per heavy atom. The van der Waals surface area contributed by atoms with Gasteiger partial charge in [-0.3, -0.25) is 4.99 Å². The van der Waals surface area contributed by atoms with Crippen molar-refractivity contribution in [3.63, 3.8) is 0 Å². The number of hydrogen-bond acceptors (Lipinski definition) is 5. The van der Waals surface area contributed by atoms with Crippen LogP contribution < -0.4 is 10.6 Å². The van der Waals surface area contributed by atoms with Crippen molar-refractivity contribution in [1.82, 2.24) is 20.5 Å². The van der Waals surface area contributed by atoms with Gasteiger partial charge in [0.25, 0.3) is 0 Å². The Morgan fingerprint density at radius 2 is 2.17 bits per heavy atom. The second-order valence-corrected chi connectivity index (χ2v) is 7.25. The summed E-state index contributed by atoms with van der Waals surface area (Å²) in [5.41, 5.74) is 0. The molecule has 0 radical (unpaired) electrons. The van der Waals surface area contributed by atoms with Gasteiger partial charge in [-0.1, -0.05) is 0 Å². The van der Waals surface area contributed by atoms with Crippen molar-refractivity contribution in [2.45, 2.75) is 39.7 Å². The minimum absolute atomic E-state index is 0.162. The predicted molar refractivity (Wildman–Crippen MR) is 103 cm³/mol. The van der Waals surface area contributed by atoms with E-state index in [9.17, 15) is 0 Å². The van der Waals surface area contributed by atoms with Crippen molar-refractivity contribution in [2.24, 2.45) is 4.99 Å². The Labute approximate surface area is 150 Å². The highest BCUT2D eigenvalue weighted by Crippen LogP contribution is 2.10. The largest absolute Gasteiger partial charge is 0.377 e. The fraction of sp³-hybridized carbons (Fsp3) is 0.765. The molecule has 0 saturated heterocycles. The predicted octanol–water partition coefficient (Wildman–Crippen LogP) is 1.91. The van der Waals surface area contributed by atoms with Gasteiger partial charge in [0.15, 0.2) is 5.96 Å². The molecule has 24 heavy (non-hydrogen) atoms. The number of aryl methyl sites for hydroxylation is 1. The zero-order chi connectivity index (χ0) is 17.8. The Morgan fingerprint density at radius 3 is 2.75 bits per heavy atom. The van der Waals surface area contributed by atoms with E-state index in [0.29, 0.717) is 6.54 Å². The molecule has 1 rings (SSSR count). The van der Waals surface area contributed by atoms with Gasteiger partial charge in [0.05, 0.1) is 17.7 Å². The van der Waals surface area contributed by atoms with Gasteiger partial charge in [0.1, 0.15) is 0 Å². The molecule has 0 saturated carbocycles. The van der Waals surface area contributed by atoms with E-state index < -0.39 is 0 Å². The topological polar surface area (TPSA) is 61.8 Å². The maximum Gasteiger partial charge on any atom is 0.191 e. The number of rotatable bonds is 11. The standard InChI is InChI=1S/C17H33N5OS/c1-6-18-17(19-10-8-16-20-12-14(3)24-16)21-13-15(23-7-2)9-11-22(4)5/h12,15H,6-11,13H2,1-5H3,(H2,18,19,21). The number of thiazole rings is 1. The molecule has 0 spiro atoms. The fourth-order valence-corrected chi connectivity index (χ4v) is 2.99. The number of aliphatic imine (C=N–C) groups is 1. The molecule has 0 aromatic carbocycles. The molecule has 0 aliphatic carbocycles. The van der Waals surface area contributed by atoms with E-state index >= 15 is 0 Å². The lowest BCUT2D eigenvalue weighted by atomic mass is 10.2. The van der Waals surface area contributed by atoms with Crippen LogP contribution in [0.25, 0.3) is 0 Å². The SMILES string of the molecule is CCNC(=NCC(CCN(C)C)OCC)NCCc1ncc(C)s1. The lowest BCUT2D eigenvalue weighted by molar-refractivity contribution is 0.0582. The van der Waals surface area contributed by atoms with E-state index in [1.165, 1.54) is 4.88 Å². The molecule has 0 bridgehead atoms. The van der Waals surface area contributed by atoms with E-state index in [4.69, 9.17) is 4.74 Å². The van der Waals surface area contributed by atoms with Crippen LogP contribution in [0.2, 0.25) is 0 Å². The molecule has 7 heteroatoms. The van der Waals surface area contributed by atoms with Gasteiger partial charge in [0, 0.05) is 43.7 Å². The Bertz CT molecular complexity index is 475. The first-order chi connectivity index (χ1) is 11.5. The summed E-state index contributed by atoms with van der Waals surface area (Å²) in [6, 6.07) is 0. The molecule has 0 aliphatic rings. The average Bonchev–Trinajstić information content (AvgIpc) is 2.95. The summed E-state index contributed by atoms with van der Waals surface area (Å²) >= 11 is 1.75. The molecular formula is C17H33N5OS. The van der Waals surface area contributed by atoms with Crippen molar-refractivity contribution in [3.05, 3.63) is 16.1 Å². The van der Waals surface area contributed by atoms with Gasteiger partial charge in [-0.25, -0.2) is 4.98 Å². The molecule has 0 amide bonds. The first kappa shape index (κ1) is 20.9. The third-order valence-corrected chi connectivity index (χ3v) is 4.37. The van der Waals surface area contributed by atoms with Crippen LogP contribution in [-0.2, 0) is 11.2 Å². The maximum absolute atomic E-state index is 5.80. The van der Waals surface area contributed by atoms with Gasteiger partial charge in [0.2, 0.25) is 0 Å². The highest BCUT2D eigenvalue weighted by Gasteiger charge is 2.09. The fourth-order valence-electron chi connectivity index (χ4n) is 2.20. The van der Waals surface area contributed by atoms with Crippen molar-refractivity contribution < 1.29 is 4.74 Å². The smallest absolute Gasteiger partial charge is 0.191 e. The second-order valence-electron chi connectivity index (χ2n) is 5.93. The summed E-state index contributed by atoms with van der Waals surface area (Å²) in [7, 11) is 4.16. The molecule has 0 fully saturated rings. The normalized spacial score (nSPS) is 13.3. The van der Waals surface area contributed by atoms with Gasteiger partial charge in [-0.15, -0.1) is 11.3 Å². The summed E-state index contributed by atoms with van der Waals surface area (Å²) in [6.07, 6.45) is 3.99. The lowest BCUT2D eigenvalue weighted by Crippen LogP contribution is -2.39. The molecule has 1 unspecified atom stereocenters. The zero-order valence-electron chi connectivity index (χ0n) is 15.8. The summed E-state index contributed by atoms with van der Waals surface area (Å²) in [4.78, 5) is 12.5. The van der Waals surface area contributed by atoms with Crippen molar-refractivity contribution >= 4 is 17.3 Å². The maximum atomic E-state index is 5.80. The van der Waals surface area contributed by atoms with Crippen LogP contribution in [0.4, 0.5) is 0 Å². The van der Waals surface area contributed by atoms with E-state index in [2.05, 4.69) is 53.5 Å². The molecule has 0 aliphatic heterocycles. The number of hydrogen-bond donors (Lipinski definition) is 2. The number of nitrogens with one attached hydrogen (secondary N) is 2. The van der Waals surface area contributed by atoms with Crippen LogP contribution in [-0.4, -0.2) is 68.8 Å². The van der Waals surface area contributed by atoms with Crippen LogP contribution in [0.15, 0.2) is 11.2 Å². The number of ether oxygens (including phenoxy) is 1. The monoisotopic (exact) mass is 355 g/mol. The van der Waals surface area contributed by atoms with E-state index in [0.717, 1.165) is 50.0 Å². The minimum Gasteiger partial charge on any atom is -0.377 e. The third-order valence-electron chi connectivity index (χ3n) is 3.40. The third kappa shape index (κ3) is 9.20. The Hall–Kier alpha value is -1.18. The molecule has 1 aromatic rings. The first-order valence-electron chi connectivity index (χ1n) is 8.74. The number of nitrogens with zero attached hydrogens (tertiary/aromatic N) is 3. The molecule has 6 nitrogen and oxygen atoms in total. The molecule has 1 aromatic heterocycles. The van der Waals surface area contributed by atoms with Crippen LogP contribution in [0.3, 0.4) is 0 Å². The van der Waals surface area contributed by atoms with Crippen LogP contribution >= 0.6 is 11.3 Å². The van der Waals surface area contributed by atoms with Gasteiger partial charge in [-0.2, -0.15) is 0 Å². The highest BCUT2D eigenvalue weighted by atomic mass is 32.1. The summed E-state index contributed by atoms with van der Waals surface area (Å²) in [6.45, 7) is 10.3. The van der Waals surface area contributed by atoms with E-state index in [-0.39, 0.29) is 6.10 Å². The average molecular weight is 356 g/mol. The molecular weight excluding hydrogens is 322 g/mol. The summed E-state index contributed by atoms with van der Waals surface area (Å²) in [5, 5.41) is 7.83. The van der Waals surface area contributed by atoms with Crippen LogP contribution in [0.5, 0.6) is 0 Å². The van der Waals surface area contributed by atoms with Gasteiger partial charge in [-0.05, 0) is 41.3 Å². The summed E-state index contributed by atoms with van der Waals surface area (Å²) < 4.78 is 5.80. The quantitative estimate of drug-likeness (QED) is 0.469. The molecule has 1 atom stereocenters. The molecule has 1 heterocycles. The van der Waals surface area contributed by atoms with Crippen molar-refractivity contribution in [3.8, 4) is 0 Å². The molecule has 138 valence electrons. The Balaban J connectivity index is 2.45. The first-order valence-corrected chi connectivity index (χ1v) is 9.56. The van der Waals surface area contributed by atoms with Crippen LogP contribution in [0, 0.1) is 6.92 Å². The number of aromatic nitrogens is 1. The van der Waals surface area contributed by atoms with Crippen molar-refractivity contribution in [1.29, 1.82) is 0 Å². The minimum atomic E-state index is 0.162. The van der Waals surface area contributed by atoms with Gasteiger partial charge < -0.3 is 20.3 Å². The zero-order valence-corrected chi connectivity index (χ0v) is 16.6. The van der Waals surface area contributed by atoms with Crippen molar-refractivity contribution in [2.75, 3.05) is 46.9 Å². The second kappa shape index (κ2) is 12.2.